The first-order valence-electron chi connectivity index (χ1n) is 10.7. The lowest BCUT2D eigenvalue weighted by atomic mass is 10.0. The highest BCUT2D eigenvalue weighted by Crippen LogP contribution is 2.32. The van der Waals surface area contributed by atoms with E-state index < -0.39 is 0 Å². The Hall–Kier alpha value is -2.74. The monoisotopic (exact) mass is 466 g/mol. The van der Waals surface area contributed by atoms with Gasteiger partial charge in [-0.15, -0.1) is 11.3 Å². The number of rotatable bonds is 4. The molecule has 2 saturated heterocycles. The second-order valence-electron chi connectivity index (χ2n) is 8.06. The van der Waals surface area contributed by atoms with Crippen LogP contribution in [0.5, 0.6) is 0 Å². The maximum atomic E-state index is 12.9. The zero-order chi connectivity index (χ0) is 22.1. The standard InChI is InChI=1S/C24H23ClN4O2S/c25-21-7-2-1-6-20(21)17-4-3-5-18(14-17)29-16-19(15-22(29)30)27-9-11-28(12-10-27)24(31)23-26-8-13-32-23/h1-8,13-14,19H,9-12,15-16H2/t19-/m1/s1. The molecule has 3 heterocycles. The third kappa shape index (κ3) is 4.16. The summed E-state index contributed by atoms with van der Waals surface area (Å²) < 4.78 is 0. The van der Waals surface area contributed by atoms with Gasteiger partial charge in [-0.3, -0.25) is 14.5 Å². The van der Waals surface area contributed by atoms with Crippen molar-refractivity contribution in [1.82, 2.24) is 14.8 Å². The molecule has 6 nitrogen and oxygen atoms in total. The third-order valence-corrected chi connectivity index (χ3v) is 7.27. The molecule has 8 heteroatoms. The van der Waals surface area contributed by atoms with Crippen LogP contribution in [0, 0.1) is 0 Å². The minimum absolute atomic E-state index is 0.000151. The van der Waals surface area contributed by atoms with Crippen LogP contribution >= 0.6 is 22.9 Å². The van der Waals surface area contributed by atoms with Gasteiger partial charge < -0.3 is 9.80 Å². The van der Waals surface area contributed by atoms with Crippen molar-refractivity contribution in [2.24, 2.45) is 0 Å². The van der Waals surface area contributed by atoms with Crippen LogP contribution in [0.15, 0.2) is 60.1 Å². The summed E-state index contributed by atoms with van der Waals surface area (Å²) in [6, 6.07) is 15.9. The number of piperazine rings is 1. The fraction of sp³-hybridized carbons (Fsp3) is 0.292. The van der Waals surface area contributed by atoms with Gasteiger partial charge in [0.05, 0.1) is 0 Å². The maximum Gasteiger partial charge on any atom is 0.282 e. The Bertz CT molecular complexity index is 1130. The summed E-state index contributed by atoms with van der Waals surface area (Å²) in [5.41, 5.74) is 2.85. The van der Waals surface area contributed by atoms with E-state index in [0.29, 0.717) is 36.1 Å². The van der Waals surface area contributed by atoms with Crippen LogP contribution in [-0.2, 0) is 4.79 Å². The number of aromatic nitrogens is 1. The van der Waals surface area contributed by atoms with Gasteiger partial charge in [-0.2, -0.15) is 0 Å². The van der Waals surface area contributed by atoms with Gasteiger partial charge in [0.25, 0.3) is 5.91 Å². The highest BCUT2D eigenvalue weighted by Gasteiger charge is 2.36. The molecule has 2 fully saturated rings. The molecule has 2 amide bonds. The zero-order valence-electron chi connectivity index (χ0n) is 17.5. The van der Waals surface area contributed by atoms with Crippen LogP contribution in [0.25, 0.3) is 11.1 Å². The summed E-state index contributed by atoms with van der Waals surface area (Å²) in [6.45, 7) is 3.51. The van der Waals surface area contributed by atoms with Gasteiger partial charge >= 0.3 is 0 Å². The molecule has 3 aromatic rings. The predicted octanol–water partition coefficient (Wildman–Crippen LogP) is 4.03. The van der Waals surface area contributed by atoms with E-state index in [1.54, 1.807) is 6.20 Å². The smallest absolute Gasteiger partial charge is 0.282 e. The van der Waals surface area contributed by atoms with Crippen molar-refractivity contribution in [2.45, 2.75) is 12.5 Å². The van der Waals surface area contributed by atoms with E-state index in [9.17, 15) is 9.59 Å². The molecule has 2 aromatic carbocycles. The van der Waals surface area contributed by atoms with E-state index in [1.807, 2.05) is 63.7 Å². The zero-order valence-corrected chi connectivity index (χ0v) is 19.1. The molecule has 0 spiro atoms. The molecule has 1 atom stereocenters. The topological polar surface area (TPSA) is 56.8 Å². The third-order valence-electron chi connectivity index (χ3n) is 6.18. The van der Waals surface area contributed by atoms with Crippen molar-refractivity contribution in [1.29, 1.82) is 0 Å². The van der Waals surface area contributed by atoms with E-state index in [-0.39, 0.29) is 17.9 Å². The molecule has 2 aliphatic rings. The lowest BCUT2D eigenvalue weighted by Crippen LogP contribution is -2.52. The Morgan fingerprint density at radius 1 is 1.06 bits per heavy atom. The van der Waals surface area contributed by atoms with Gasteiger partial charge in [0, 0.05) is 73.0 Å². The van der Waals surface area contributed by atoms with Gasteiger partial charge in [0.15, 0.2) is 5.01 Å². The highest BCUT2D eigenvalue weighted by molar-refractivity contribution is 7.11. The van der Waals surface area contributed by atoms with Crippen molar-refractivity contribution in [2.75, 3.05) is 37.6 Å². The summed E-state index contributed by atoms with van der Waals surface area (Å²) in [4.78, 5) is 35.6. The second-order valence-corrected chi connectivity index (χ2v) is 9.36. The quantitative estimate of drug-likeness (QED) is 0.582. The first kappa shape index (κ1) is 21.1. The van der Waals surface area contributed by atoms with Crippen molar-refractivity contribution in [3.8, 4) is 11.1 Å². The van der Waals surface area contributed by atoms with Crippen LogP contribution in [0.2, 0.25) is 5.02 Å². The van der Waals surface area contributed by atoms with E-state index in [1.165, 1.54) is 11.3 Å². The van der Waals surface area contributed by atoms with Crippen molar-refractivity contribution >= 4 is 40.4 Å². The molecular formula is C24H23ClN4O2S. The Kier molecular flexibility index (Phi) is 5.95. The Morgan fingerprint density at radius 3 is 2.62 bits per heavy atom. The predicted molar refractivity (Wildman–Crippen MR) is 127 cm³/mol. The van der Waals surface area contributed by atoms with Crippen molar-refractivity contribution in [3.05, 3.63) is 70.1 Å². The fourth-order valence-electron chi connectivity index (χ4n) is 4.47. The number of nitrogens with zero attached hydrogens (tertiary/aromatic N) is 4. The van der Waals surface area contributed by atoms with Gasteiger partial charge in [-0.1, -0.05) is 41.9 Å². The summed E-state index contributed by atoms with van der Waals surface area (Å²) in [7, 11) is 0. The first-order chi connectivity index (χ1) is 15.6. The molecule has 32 heavy (non-hydrogen) atoms. The molecular weight excluding hydrogens is 444 g/mol. The molecule has 0 N–H and O–H groups in total. The first-order valence-corrected chi connectivity index (χ1v) is 11.9. The summed E-state index contributed by atoms with van der Waals surface area (Å²) in [5.74, 6) is 0.132. The van der Waals surface area contributed by atoms with Crippen LogP contribution < -0.4 is 4.90 Å². The van der Waals surface area contributed by atoms with Crippen molar-refractivity contribution < 1.29 is 9.59 Å². The molecule has 5 rings (SSSR count). The number of hydrogen-bond donors (Lipinski definition) is 0. The van der Waals surface area contributed by atoms with Gasteiger partial charge in [-0.25, -0.2) is 4.98 Å². The SMILES string of the molecule is O=C(c1nccs1)N1CCN([C@@H]2CC(=O)N(c3cccc(-c4ccccc4Cl)c3)C2)CC1. The minimum Gasteiger partial charge on any atom is -0.334 e. The van der Waals surface area contributed by atoms with Crippen LogP contribution in [0.3, 0.4) is 0 Å². The summed E-state index contributed by atoms with van der Waals surface area (Å²) in [5, 5.41) is 3.06. The number of hydrogen-bond acceptors (Lipinski definition) is 5. The van der Waals surface area contributed by atoms with Crippen LogP contribution in [0.1, 0.15) is 16.2 Å². The Morgan fingerprint density at radius 2 is 1.88 bits per heavy atom. The number of thiazole rings is 1. The molecule has 2 aliphatic heterocycles. The maximum absolute atomic E-state index is 12.9. The number of carbonyl (C=O) groups is 2. The average molecular weight is 467 g/mol. The van der Waals surface area contributed by atoms with E-state index in [0.717, 1.165) is 29.9 Å². The van der Waals surface area contributed by atoms with Crippen molar-refractivity contribution in [3.63, 3.8) is 0 Å². The molecule has 164 valence electrons. The molecule has 0 saturated carbocycles. The molecule has 0 bridgehead atoms. The highest BCUT2D eigenvalue weighted by atomic mass is 35.5. The van der Waals surface area contributed by atoms with Gasteiger partial charge in [-0.05, 0) is 23.8 Å². The van der Waals surface area contributed by atoms with Gasteiger partial charge in [0.1, 0.15) is 0 Å². The van der Waals surface area contributed by atoms with Crippen LogP contribution in [0.4, 0.5) is 5.69 Å². The van der Waals surface area contributed by atoms with E-state index >= 15 is 0 Å². The lowest BCUT2D eigenvalue weighted by Gasteiger charge is -2.37. The number of halogens is 1. The Balaban J connectivity index is 1.25. The molecule has 1 aromatic heterocycles. The summed E-state index contributed by atoms with van der Waals surface area (Å²) >= 11 is 7.75. The fourth-order valence-corrected chi connectivity index (χ4v) is 5.32. The second kappa shape index (κ2) is 9.02. The number of anilines is 1. The number of carbonyl (C=O) groups excluding carboxylic acids is 2. The molecule has 0 radical (unpaired) electrons. The normalized spacial score (nSPS) is 19.5. The van der Waals surface area contributed by atoms with Crippen LogP contribution in [-0.4, -0.2) is 65.4 Å². The van der Waals surface area contributed by atoms with E-state index in [4.69, 9.17) is 11.6 Å². The number of amides is 2. The average Bonchev–Trinajstić information content (AvgIpc) is 3.49. The molecule has 0 unspecified atom stereocenters. The number of benzene rings is 2. The molecule has 0 aliphatic carbocycles. The lowest BCUT2D eigenvalue weighted by molar-refractivity contribution is -0.117. The van der Waals surface area contributed by atoms with Gasteiger partial charge in [0.2, 0.25) is 5.91 Å². The minimum atomic E-state index is 0.000151. The largest absolute Gasteiger partial charge is 0.334 e. The summed E-state index contributed by atoms with van der Waals surface area (Å²) in [6.07, 6.45) is 2.16. The Labute approximate surface area is 196 Å². The van der Waals surface area contributed by atoms with E-state index in [2.05, 4.69) is 9.88 Å².